The molecule has 1 N–H and O–H groups in total. The van der Waals surface area contributed by atoms with E-state index >= 15 is 0 Å². The van der Waals surface area contributed by atoms with Gasteiger partial charge in [-0.3, -0.25) is 24.6 Å². The average Bonchev–Trinajstić information content (AvgIpc) is 3.38. The van der Waals surface area contributed by atoms with Gasteiger partial charge in [0.2, 0.25) is 5.13 Å². The molecule has 0 spiro atoms. The van der Waals surface area contributed by atoms with E-state index in [0.29, 0.717) is 29.7 Å². The molecule has 0 aliphatic carbocycles. The van der Waals surface area contributed by atoms with Gasteiger partial charge in [-0.25, -0.2) is 0 Å². The van der Waals surface area contributed by atoms with Crippen LogP contribution in [0.5, 0.6) is 11.5 Å². The molecule has 2 aromatic carbocycles. The van der Waals surface area contributed by atoms with E-state index in [1.807, 2.05) is 0 Å². The summed E-state index contributed by atoms with van der Waals surface area (Å²) in [6, 6.07) is 9.04. The number of carbonyl (C=O) groups excluding carboxylic acids is 2. The van der Waals surface area contributed by atoms with Crippen LogP contribution in [-0.2, 0) is 9.59 Å². The Bertz CT molecular complexity index is 1380. The zero-order valence-corrected chi connectivity index (χ0v) is 18.4. The number of nitro benzene ring substituents is 1. The second-order valence-electron chi connectivity index (χ2n) is 7.48. The van der Waals surface area contributed by atoms with Crippen LogP contribution in [0.15, 0.2) is 48.0 Å². The van der Waals surface area contributed by atoms with Crippen molar-refractivity contribution in [3.05, 3.63) is 74.3 Å². The number of hydrogen-bond donors (Lipinski definition) is 1. The smallest absolute Gasteiger partial charge is 0.301 e. The summed E-state index contributed by atoms with van der Waals surface area (Å²) in [5.74, 6) is -1.45. The van der Waals surface area contributed by atoms with Crippen LogP contribution in [0.3, 0.4) is 0 Å². The number of anilines is 1. The molecule has 1 aromatic heterocycles. The summed E-state index contributed by atoms with van der Waals surface area (Å²) >= 11 is 1.08. The van der Waals surface area contributed by atoms with Crippen molar-refractivity contribution in [3.63, 3.8) is 0 Å². The Hall–Kier alpha value is -4.32. The number of nitrogens with zero attached hydrogens (tertiary/aromatic N) is 4. The van der Waals surface area contributed by atoms with Gasteiger partial charge < -0.3 is 14.6 Å². The van der Waals surface area contributed by atoms with Gasteiger partial charge in [-0.1, -0.05) is 23.5 Å². The quantitative estimate of drug-likeness (QED) is 0.196. The highest BCUT2D eigenvalue weighted by atomic mass is 32.1. The van der Waals surface area contributed by atoms with Crippen molar-refractivity contribution in [1.82, 2.24) is 10.2 Å². The molecule has 172 valence electrons. The minimum atomic E-state index is -1.15. The number of ketones is 1. The molecular formula is C22H16N4O7S. The zero-order valence-electron chi connectivity index (χ0n) is 17.6. The molecule has 0 saturated carbocycles. The van der Waals surface area contributed by atoms with E-state index in [0.717, 1.165) is 16.2 Å². The Morgan fingerprint density at radius 2 is 1.91 bits per heavy atom. The number of fused-ring (bicyclic) bond motifs is 1. The van der Waals surface area contributed by atoms with E-state index in [2.05, 4.69) is 10.2 Å². The van der Waals surface area contributed by atoms with Crippen molar-refractivity contribution < 1.29 is 29.1 Å². The maximum atomic E-state index is 13.2. The summed E-state index contributed by atoms with van der Waals surface area (Å²) in [4.78, 5) is 38.2. The number of ether oxygens (including phenoxy) is 2. The van der Waals surface area contributed by atoms with Gasteiger partial charge in [-0.15, -0.1) is 10.2 Å². The van der Waals surface area contributed by atoms with Crippen molar-refractivity contribution in [1.29, 1.82) is 0 Å². The first-order chi connectivity index (χ1) is 16.3. The molecule has 1 saturated heterocycles. The van der Waals surface area contributed by atoms with Gasteiger partial charge in [0.15, 0.2) is 11.5 Å². The first-order valence-corrected chi connectivity index (χ1v) is 10.9. The third-order valence-electron chi connectivity index (χ3n) is 5.38. The SMILES string of the molecule is Cc1nnc(N2C(=O)C(=O)/C(=C(\O)c3ccc4c(c3)OCCO4)C2c2cccc([N+](=O)[O-])c2)s1. The third kappa shape index (κ3) is 3.53. The topological polar surface area (TPSA) is 145 Å². The van der Waals surface area contributed by atoms with Gasteiger partial charge >= 0.3 is 5.91 Å². The third-order valence-corrected chi connectivity index (χ3v) is 6.22. The normalized spacial score (nSPS) is 18.9. The maximum Gasteiger partial charge on any atom is 0.301 e. The van der Waals surface area contributed by atoms with E-state index in [1.54, 1.807) is 19.1 Å². The molecule has 5 rings (SSSR count). The van der Waals surface area contributed by atoms with Crippen molar-refractivity contribution >= 4 is 39.6 Å². The maximum absolute atomic E-state index is 13.2. The molecule has 3 aromatic rings. The fraction of sp³-hybridized carbons (Fsp3) is 0.182. The van der Waals surface area contributed by atoms with Crippen molar-refractivity contribution in [3.8, 4) is 11.5 Å². The van der Waals surface area contributed by atoms with E-state index in [-0.39, 0.29) is 27.5 Å². The number of amides is 1. The average molecular weight is 480 g/mol. The summed E-state index contributed by atoms with van der Waals surface area (Å²) in [7, 11) is 0. The van der Waals surface area contributed by atoms with Crippen LogP contribution in [0.25, 0.3) is 5.76 Å². The molecule has 0 radical (unpaired) electrons. The first kappa shape index (κ1) is 21.5. The molecule has 3 heterocycles. The van der Waals surface area contributed by atoms with Crippen LogP contribution in [0.1, 0.15) is 22.2 Å². The molecule has 2 aliphatic rings. The number of hydrogen-bond acceptors (Lipinski definition) is 10. The predicted molar refractivity (Wildman–Crippen MR) is 120 cm³/mol. The van der Waals surface area contributed by atoms with Gasteiger partial charge in [-0.05, 0) is 30.7 Å². The van der Waals surface area contributed by atoms with E-state index in [4.69, 9.17) is 9.47 Å². The molecule has 1 unspecified atom stereocenters. The number of aliphatic hydroxyl groups is 1. The van der Waals surface area contributed by atoms with E-state index in [1.165, 1.54) is 30.3 Å². The number of aromatic nitrogens is 2. The lowest BCUT2D eigenvalue weighted by Crippen LogP contribution is -2.29. The fourth-order valence-corrected chi connectivity index (χ4v) is 4.60. The summed E-state index contributed by atoms with van der Waals surface area (Å²) in [6.45, 7) is 2.40. The number of non-ortho nitro benzene ring substituents is 1. The van der Waals surface area contributed by atoms with Gasteiger partial charge in [0.25, 0.3) is 11.5 Å². The van der Waals surface area contributed by atoms with Crippen LogP contribution in [0, 0.1) is 17.0 Å². The lowest BCUT2D eigenvalue weighted by atomic mass is 9.95. The Labute approximate surface area is 196 Å². The van der Waals surface area contributed by atoms with Crippen LogP contribution in [0.4, 0.5) is 10.8 Å². The molecule has 1 atom stereocenters. The van der Waals surface area contributed by atoms with Crippen molar-refractivity contribution in [2.75, 3.05) is 18.1 Å². The van der Waals surface area contributed by atoms with Crippen molar-refractivity contribution in [2.24, 2.45) is 0 Å². The highest BCUT2D eigenvalue weighted by molar-refractivity contribution is 7.15. The highest BCUT2D eigenvalue weighted by Gasteiger charge is 2.48. The largest absolute Gasteiger partial charge is 0.507 e. The number of nitro groups is 1. The van der Waals surface area contributed by atoms with Crippen molar-refractivity contribution in [2.45, 2.75) is 13.0 Å². The number of aliphatic hydroxyl groups excluding tert-OH is 1. The van der Waals surface area contributed by atoms with Crippen LogP contribution in [-0.4, -0.2) is 45.1 Å². The predicted octanol–water partition coefficient (Wildman–Crippen LogP) is 3.15. The van der Waals surface area contributed by atoms with Crippen LogP contribution < -0.4 is 14.4 Å². The van der Waals surface area contributed by atoms with Crippen LogP contribution >= 0.6 is 11.3 Å². The minimum Gasteiger partial charge on any atom is -0.507 e. The molecule has 12 heteroatoms. The van der Waals surface area contributed by atoms with E-state index in [9.17, 15) is 24.8 Å². The fourth-order valence-electron chi connectivity index (χ4n) is 3.88. The Balaban J connectivity index is 1.71. The summed E-state index contributed by atoms with van der Waals surface area (Å²) in [6.07, 6.45) is 0. The number of benzene rings is 2. The highest BCUT2D eigenvalue weighted by Crippen LogP contribution is 2.44. The Morgan fingerprint density at radius 3 is 2.62 bits per heavy atom. The number of carbonyl (C=O) groups is 2. The number of rotatable bonds is 4. The standard InChI is InChI=1S/C22H16N4O7S/c1-11-23-24-22(34-11)25-18(12-3-2-4-14(9-12)26(30)31)17(20(28)21(25)29)19(27)13-5-6-15-16(10-13)33-8-7-32-15/h2-6,9-10,18,27H,7-8H2,1H3/b19-17-. The van der Waals surface area contributed by atoms with Gasteiger partial charge in [0.05, 0.1) is 16.5 Å². The lowest BCUT2D eigenvalue weighted by molar-refractivity contribution is -0.384. The second-order valence-corrected chi connectivity index (χ2v) is 8.64. The summed E-state index contributed by atoms with van der Waals surface area (Å²) in [5, 5.41) is 31.2. The number of aryl methyl sites for hydroxylation is 1. The molecule has 34 heavy (non-hydrogen) atoms. The second kappa shape index (κ2) is 8.23. The first-order valence-electron chi connectivity index (χ1n) is 10.1. The number of Topliss-reactive ketones (excluding diaryl/α,β-unsaturated/α-hetero) is 1. The lowest BCUT2D eigenvalue weighted by Gasteiger charge is -2.23. The van der Waals surface area contributed by atoms with Gasteiger partial charge in [0, 0.05) is 17.7 Å². The minimum absolute atomic E-state index is 0.136. The molecule has 1 fully saturated rings. The molecule has 11 nitrogen and oxygen atoms in total. The molecule has 1 amide bonds. The summed E-state index contributed by atoms with van der Waals surface area (Å²) in [5.41, 5.74) is 0.0392. The molecule has 2 aliphatic heterocycles. The Kier molecular flexibility index (Phi) is 5.21. The zero-order chi connectivity index (χ0) is 24.0. The molecular weight excluding hydrogens is 464 g/mol. The molecule has 0 bridgehead atoms. The van der Waals surface area contributed by atoms with Crippen LogP contribution in [0.2, 0.25) is 0 Å². The summed E-state index contributed by atoms with van der Waals surface area (Å²) < 4.78 is 11.1. The van der Waals surface area contributed by atoms with Gasteiger partial charge in [0.1, 0.15) is 24.0 Å². The van der Waals surface area contributed by atoms with E-state index < -0.39 is 28.4 Å². The van der Waals surface area contributed by atoms with Gasteiger partial charge in [-0.2, -0.15) is 0 Å². The Morgan fingerprint density at radius 1 is 1.15 bits per heavy atom. The monoisotopic (exact) mass is 480 g/mol.